The van der Waals surface area contributed by atoms with Crippen molar-refractivity contribution in [2.75, 3.05) is 13.7 Å². The number of hydrogen-bond donors (Lipinski definition) is 0. The fraction of sp³-hybridized carbons (Fsp3) is 0.652. The largest absolute Gasteiger partial charge is 0.464 e. The number of carbonyl (C=O) groups excluding carboxylic acids is 2. The number of carbonyl (C=O) groups is 2. The predicted octanol–water partition coefficient (Wildman–Crippen LogP) is 3.48. The minimum absolute atomic E-state index is 0. The second-order valence-electron chi connectivity index (χ2n) is 8.97. The molecule has 0 spiro atoms. The highest BCUT2D eigenvalue weighted by atomic mass is 79.9. The van der Waals surface area contributed by atoms with Crippen LogP contribution in [0.25, 0.3) is 0 Å². The highest BCUT2D eigenvalue weighted by Gasteiger charge is 2.62. The number of halogens is 1. The van der Waals surface area contributed by atoms with Gasteiger partial charge in [-0.3, -0.25) is 14.5 Å². The van der Waals surface area contributed by atoms with Crippen molar-refractivity contribution in [3.8, 4) is 0 Å². The van der Waals surface area contributed by atoms with E-state index in [-0.39, 0.29) is 41.6 Å². The van der Waals surface area contributed by atoms with Gasteiger partial charge in [0.15, 0.2) is 0 Å². The molecule has 0 N–H and O–H groups in total. The number of rotatable bonds is 8. The average molecular weight is 482 g/mol. The molecule has 1 aromatic carbocycles. The summed E-state index contributed by atoms with van der Waals surface area (Å²) in [5, 5.41) is 0. The molecule has 30 heavy (non-hydrogen) atoms. The summed E-state index contributed by atoms with van der Waals surface area (Å²) in [4.78, 5) is 27.5. The monoisotopic (exact) mass is 481 g/mol. The summed E-state index contributed by atoms with van der Waals surface area (Å²) in [5.74, 6) is -0.729. The fourth-order valence-corrected chi connectivity index (χ4v) is 4.68. The topological polar surface area (TPSA) is 68.4 Å². The lowest BCUT2D eigenvalue weighted by molar-refractivity contribution is -0.159. The molecule has 3 aliphatic rings. The number of piperidine rings is 1. The average Bonchev–Trinajstić information content (AvgIpc) is 3.45. The Balaban J connectivity index is 0.00000256. The zero-order chi connectivity index (χ0) is 20.5. The first-order chi connectivity index (χ1) is 13.9. The van der Waals surface area contributed by atoms with E-state index in [1.165, 1.54) is 0 Å². The Labute approximate surface area is 189 Å². The molecule has 6 nitrogen and oxygen atoms in total. The van der Waals surface area contributed by atoms with Crippen molar-refractivity contribution in [3.63, 3.8) is 0 Å². The summed E-state index contributed by atoms with van der Waals surface area (Å²) in [6, 6.07) is 10.1. The first kappa shape index (κ1) is 23.2. The van der Waals surface area contributed by atoms with Crippen molar-refractivity contribution in [1.29, 1.82) is 0 Å². The van der Waals surface area contributed by atoms with Crippen LogP contribution in [0.2, 0.25) is 0 Å². The molecule has 2 bridgehead atoms. The number of epoxide rings is 1. The van der Waals surface area contributed by atoms with Crippen molar-refractivity contribution >= 4 is 28.9 Å². The van der Waals surface area contributed by atoms with Crippen LogP contribution in [0.1, 0.15) is 51.0 Å². The molecule has 1 aromatic rings. The van der Waals surface area contributed by atoms with E-state index in [9.17, 15) is 9.59 Å². The number of benzene rings is 1. The Morgan fingerprint density at radius 1 is 1.13 bits per heavy atom. The van der Waals surface area contributed by atoms with E-state index in [0.29, 0.717) is 36.6 Å². The molecule has 166 valence electrons. The maximum Gasteiger partial charge on any atom is 0.317 e. The normalized spacial score (nSPS) is 30.2. The molecule has 0 radical (unpaired) electrons. The lowest BCUT2D eigenvalue weighted by Crippen LogP contribution is -2.48. The second kappa shape index (κ2) is 9.79. The van der Waals surface area contributed by atoms with Crippen molar-refractivity contribution in [1.82, 2.24) is 4.90 Å². The van der Waals surface area contributed by atoms with Crippen LogP contribution in [0, 0.1) is 5.92 Å². The number of fused-ring (bicyclic) bond motifs is 5. The van der Waals surface area contributed by atoms with Crippen LogP contribution in [-0.4, -0.2) is 60.9 Å². The van der Waals surface area contributed by atoms with Gasteiger partial charge in [-0.05, 0) is 24.9 Å². The minimum atomic E-state index is -0.595. The number of hydrogen-bond acceptors (Lipinski definition) is 6. The van der Waals surface area contributed by atoms with Crippen LogP contribution in [0.5, 0.6) is 0 Å². The van der Waals surface area contributed by atoms with Gasteiger partial charge in [-0.25, -0.2) is 0 Å². The van der Waals surface area contributed by atoms with Crippen LogP contribution in [0.15, 0.2) is 30.3 Å². The molecule has 0 unspecified atom stereocenters. The van der Waals surface area contributed by atoms with Gasteiger partial charge in [-0.1, -0.05) is 44.2 Å². The fourth-order valence-electron chi connectivity index (χ4n) is 4.68. The van der Waals surface area contributed by atoms with E-state index in [4.69, 9.17) is 14.2 Å². The number of nitrogens with zero attached hydrogens (tertiary/aromatic N) is 1. The number of ether oxygens (including phenoxy) is 3. The summed E-state index contributed by atoms with van der Waals surface area (Å²) < 4.78 is 17.1. The van der Waals surface area contributed by atoms with Gasteiger partial charge in [0.05, 0.1) is 0 Å². The number of likely N-dealkylation sites (N-methyl/N-ethyl adjacent to an activating group) is 1. The minimum Gasteiger partial charge on any atom is -0.464 e. The Hall–Kier alpha value is -1.44. The first-order valence-corrected chi connectivity index (χ1v) is 10.7. The first-order valence-electron chi connectivity index (χ1n) is 10.7. The van der Waals surface area contributed by atoms with Gasteiger partial charge in [0.25, 0.3) is 0 Å². The van der Waals surface area contributed by atoms with E-state index in [2.05, 4.69) is 25.8 Å². The van der Waals surface area contributed by atoms with Gasteiger partial charge in [0, 0.05) is 31.3 Å². The van der Waals surface area contributed by atoms with Crippen LogP contribution < -0.4 is 0 Å². The van der Waals surface area contributed by atoms with E-state index >= 15 is 0 Å². The van der Waals surface area contributed by atoms with E-state index in [1.807, 2.05) is 30.3 Å². The Morgan fingerprint density at radius 2 is 1.77 bits per heavy atom. The SMILES string of the molecule is Br.CC(C)CCC(=O)OC[C@@H](C(=O)O[C@@H]1C[C@@H]2[C@H]3O[C@H]3[C@H](C1)N2C)c1ccccc1. The molecule has 0 amide bonds. The van der Waals surface area contributed by atoms with E-state index in [1.54, 1.807) is 0 Å². The van der Waals surface area contributed by atoms with Gasteiger partial charge >= 0.3 is 11.9 Å². The summed E-state index contributed by atoms with van der Waals surface area (Å²) in [6.45, 7) is 4.16. The maximum atomic E-state index is 13.0. The third-order valence-corrected chi connectivity index (χ3v) is 6.48. The quantitative estimate of drug-likeness (QED) is 0.418. The van der Waals surface area contributed by atoms with Crippen LogP contribution in [-0.2, 0) is 23.8 Å². The smallest absolute Gasteiger partial charge is 0.317 e. The van der Waals surface area contributed by atoms with Gasteiger partial charge in [-0.2, -0.15) is 0 Å². The molecular weight excluding hydrogens is 450 g/mol. The zero-order valence-electron chi connectivity index (χ0n) is 17.9. The third-order valence-electron chi connectivity index (χ3n) is 6.48. The van der Waals surface area contributed by atoms with Gasteiger partial charge in [0.1, 0.15) is 30.8 Å². The van der Waals surface area contributed by atoms with Gasteiger partial charge in [0.2, 0.25) is 0 Å². The van der Waals surface area contributed by atoms with Crippen LogP contribution in [0.4, 0.5) is 0 Å². The Bertz CT molecular complexity index is 724. The third kappa shape index (κ3) is 5.06. The standard InChI is InChI=1S/C23H31NO5.BrH/c1-14(2)9-10-20(25)27-13-17(15-7-5-4-6-8-15)23(26)28-16-11-18-21-22(29-21)19(12-16)24(18)3;/h4-8,14,16-19,21-22H,9-13H2,1-3H3;1H/t16-,17-,18-,19+,21-,22+;/m1./s1. The molecule has 3 saturated heterocycles. The second-order valence-corrected chi connectivity index (χ2v) is 8.97. The number of esters is 2. The Kier molecular flexibility index (Phi) is 7.58. The summed E-state index contributed by atoms with van der Waals surface area (Å²) >= 11 is 0. The van der Waals surface area contributed by atoms with Crippen molar-refractivity contribution in [2.45, 2.75) is 75.8 Å². The summed E-state index contributed by atoms with van der Waals surface area (Å²) in [7, 11) is 2.13. The summed E-state index contributed by atoms with van der Waals surface area (Å²) in [5.41, 5.74) is 0.816. The molecule has 4 rings (SSSR count). The highest BCUT2D eigenvalue weighted by molar-refractivity contribution is 8.93. The molecule has 3 fully saturated rings. The molecule has 7 heteroatoms. The van der Waals surface area contributed by atoms with Crippen molar-refractivity contribution < 1.29 is 23.8 Å². The lowest BCUT2D eigenvalue weighted by atomic mass is 9.97. The highest BCUT2D eigenvalue weighted by Crippen LogP contribution is 2.48. The summed E-state index contributed by atoms with van der Waals surface area (Å²) in [6.07, 6.45) is 3.26. The van der Waals surface area contributed by atoms with Gasteiger partial charge in [-0.15, -0.1) is 17.0 Å². The molecule has 3 heterocycles. The maximum absolute atomic E-state index is 13.0. The lowest BCUT2D eigenvalue weighted by Gasteiger charge is -2.38. The van der Waals surface area contributed by atoms with Crippen LogP contribution in [0.3, 0.4) is 0 Å². The number of morpholine rings is 1. The molecule has 3 aliphatic heterocycles. The molecule has 6 atom stereocenters. The van der Waals surface area contributed by atoms with Crippen molar-refractivity contribution in [3.05, 3.63) is 35.9 Å². The van der Waals surface area contributed by atoms with Gasteiger partial charge < -0.3 is 14.2 Å². The molecular formula is C23H32BrNO5. The predicted molar refractivity (Wildman–Crippen MR) is 118 cm³/mol. The van der Waals surface area contributed by atoms with Crippen molar-refractivity contribution in [2.24, 2.45) is 5.92 Å². The molecule has 0 aliphatic carbocycles. The van der Waals surface area contributed by atoms with E-state index < -0.39 is 5.92 Å². The van der Waals surface area contributed by atoms with Crippen LogP contribution >= 0.6 is 17.0 Å². The Morgan fingerprint density at radius 3 is 2.37 bits per heavy atom. The van der Waals surface area contributed by atoms with E-state index in [0.717, 1.165) is 24.8 Å². The molecule has 0 saturated carbocycles. The molecule has 0 aromatic heterocycles. The zero-order valence-corrected chi connectivity index (χ0v) is 19.6.